The van der Waals surface area contributed by atoms with Crippen molar-refractivity contribution in [3.8, 4) is 11.5 Å². The van der Waals surface area contributed by atoms with Crippen molar-refractivity contribution in [3.05, 3.63) is 23.8 Å². The molecule has 0 saturated carbocycles. The highest BCUT2D eigenvalue weighted by atomic mass is 16.5. The van der Waals surface area contributed by atoms with E-state index in [1.54, 1.807) is 14.2 Å². The Balaban J connectivity index is 1.56. The molecule has 1 aromatic rings. The fourth-order valence-electron chi connectivity index (χ4n) is 3.50. The minimum absolute atomic E-state index is 0.00841. The molecule has 2 aliphatic heterocycles. The van der Waals surface area contributed by atoms with Gasteiger partial charge in [0.2, 0.25) is 0 Å². The van der Waals surface area contributed by atoms with E-state index in [0.29, 0.717) is 6.61 Å². The van der Waals surface area contributed by atoms with E-state index in [0.717, 1.165) is 55.8 Å². The molecule has 1 fully saturated rings. The van der Waals surface area contributed by atoms with Crippen molar-refractivity contribution in [1.29, 1.82) is 0 Å². The van der Waals surface area contributed by atoms with Gasteiger partial charge in [0.25, 0.3) is 0 Å². The third-order valence-corrected chi connectivity index (χ3v) is 5.33. The summed E-state index contributed by atoms with van der Waals surface area (Å²) in [4.78, 5) is 14.5. The molecule has 2 unspecified atom stereocenters. The summed E-state index contributed by atoms with van der Waals surface area (Å²) in [5, 5.41) is 3.12. The number of urea groups is 1. The monoisotopic (exact) mass is 348 g/mol. The second-order valence-corrected chi connectivity index (χ2v) is 7.13. The van der Waals surface area contributed by atoms with Gasteiger partial charge < -0.3 is 24.4 Å². The molecular weight excluding hydrogens is 320 g/mol. The minimum atomic E-state index is -0.124. The van der Waals surface area contributed by atoms with E-state index in [1.165, 1.54) is 0 Å². The minimum Gasteiger partial charge on any atom is -0.497 e. The van der Waals surface area contributed by atoms with E-state index in [4.69, 9.17) is 14.2 Å². The largest absolute Gasteiger partial charge is 0.497 e. The maximum absolute atomic E-state index is 12.6. The van der Waals surface area contributed by atoms with E-state index in [-0.39, 0.29) is 17.7 Å². The fraction of sp³-hybridized carbons (Fsp3) is 0.632. The first-order chi connectivity index (χ1) is 12.0. The molecule has 0 spiro atoms. The molecule has 138 valence electrons. The van der Waals surface area contributed by atoms with E-state index >= 15 is 0 Å². The van der Waals surface area contributed by atoms with Gasteiger partial charge in [-0.2, -0.15) is 0 Å². The van der Waals surface area contributed by atoms with Gasteiger partial charge in [0.05, 0.1) is 18.8 Å². The Hall–Kier alpha value is -1.95. The van der Waals surface area contributed by atoms with Crippen LogP contribution < -0.4 is 14.8 Å². The summed E-state index contributed by atoms with van der Waals surface area (Å²) < 4.78 is 16.6. The summed E-state index contributed by atoms with van der Waals surface area (Å²) in [7, 11) is 3.39. The van der Waals surface area contributed by atoms with Gasteiger partial charge in [-0.15, -0.1) is 0 Å². The number of nitrogens with zero attached hydrogens (tertiary/aromatic N) is 1. The van der Waals surface area contributed by atoms with Gasteiger partial charge in [-0.05, 0) is 44.2 Å². The average Bonchev–Trinajstić information content (AvgIpc) is 2.83. The maximum atomic E-state index is 12.6. The summed E-state index contributed by atoms with van der Waals surface area (Å²) in [6, 6.07) is 5.81. The molecule has 2 heterocycles. The van der Waals surface area contributed by atoms with Crippen LogP contribution in [0.5, 0.6) is 11.5 Å². The Morgan fingerprint density at radius 2 is 2.16 bits per heavy atom. The Kier molecular flexibility index (Phi) is 5.37. The van der Waals surface area contributed by atoms with Crippen molar-refractivity contribution in [2.24, 2.45) is 0 Å². The molecule has 6 heteroatoms. The number of nitrogens with one attached hydrogen (secondary N) is 1. The van der Waals surface area contributed by atoms with E-state index < -0.39 is 0 Å². The number of carbonyl (C=O) groups is 1. The molecule has 2 amide bonds. The highest BCUT2D eigenvalue weighted by molar-refractivity contribution is 5.74. The highest BCUT2D eigenvalue weighted by Crippen LogP contribution is 2.29. The number of ether oxygens (including phenoxy) is 3. The molecule has 1 aromatic carbocycles. The number of likely N-dealkylation sites (tertiary alicyclic amines) is 1. The molecule has 1 saturated heterocycles. The summed E-state index contributed by atoms with van der Waals surface area (Å²) in [5.74, 6) is 1.63. The van der Waals surface area contributed by atoms with Crippen LogP contribution >= 0.6 is 0 Å². The second-order valence-electron chi connectivity index (χ2n) is 7.13. The third kappa shape index (κ3) is 4.18. The van der Waals surface area contributed by atoms with Crippen LogP contribution in [-0.2, 0) is 11.2 Å². The maximum Gasteiger partial charge on any atom is 0.317 e. The first kappa shape index (κ1) is 17.9. The van der Waals surface area contributed by atoms with Crippen LogP contribution in [0.3, 0.4) is 0 Å². The van der Waals surface area contributed by atoms with Crippen molar-refractivity contribution < 1.29 is 19.0 Å². The van der Waals surface area contributed by atoms with Crippen LogP contribution in [0.4, 0.5) is 4.79 Å². The Bertz CT molecular complexity index is 621. The summed E-state index contributed by atoms with van der Waals surface area (Å²) in [5.41, 5.74) is 0.973. The van der Waals surface area contributed by atoms with Crippen molar-refractivity contribution in [3.63, 3.8) is 0 Å². The quantitative estimate of drug-likeness (QED) is 0.912. The molecule has 2 aliphatic rings. The van der Waals surface area contributed by atoms with Gasteiger partial charge in [0.1, 0.15) is 18.1 Å². The first-order valence-corrected chi connectivity index (χ1v) is 8.93. The lowest BCUT2D eigenvalue weighted by Gasteiger charge is -2.30. The van der Waals surface area contributed by atoms with Crippen LogP contribution in [0.1, 0.15) is 31.7 Å². The Morgan fingerprint density at radius 1 is 1.32 bits per heavy atom. The van der Waals surface area contributed by atoms with Crippen LogP contribution in [0.15, 0.2) is 18.2 Å². The van der Waals surface area contributed by atoms with Gasteiger partial charge in [-0.1, -0.05) is 6.07 Å². The summed E-state index contributed by atoms with van der Waals surface area (Å²) >= 11 is 0. The molecule has 0 bridgehead atoms. The lowest BCUT2D eigenvalue weighted by molar-refractivity contribution is -0.00502. The van der Waals surface area contributed by atoms with Gasteiger partial charge >= 0.3 is 6.03 Å². The van der Waals surface area contributed by atoms with Crippen molar-refractivity contribution in [1.82, 2.24) is 10.2 Å². The second kappa shape index (κ2) is 7.52. The lowest BCUT2D eigenvalue weighted by Crippen LogP contribution is -2.49. The Morgan fingerprint density at radius 3 is 2.92 bits per heavy atom. The zero-order valence-electron chi connectivity index (χ0n) is 15.3. The molecule has 2 atom stereocenters. The predicted molar refractivity (Wildman–Crippen MR) is 95.4 cm³/mol. The van der Waals surface area contributed by atoms with Gasteiger partial charge in [-0.3, -0.25) is 0 Å². The molecule has 0 radical (unpaired) electrons. The molecule has 1 N–H and O–H groups in total. The van der Waals surface area contributed by atoms with Crippen LogP contribution in [0.25, 0.3) is 0 Å². The Labute approximate surface area is 149 Å². The lowest BCUT2D eigenvalue weighted by atomic mass is 9.97. The van der Waals surface area contributed by atoms with Crippen LogP contribution in [-0.4, -0.2) is 56.5 Å². The molecule has 6 nitrogen and oxygen atoms in total. The number of rotatable bonds is 3. The SMILES string of the molecule is COc1ccc2c(c1)OCC(NC(=O)N1CCCC(C)(OC)CC1)C2. The zero-order chi connectivity index (χ0) is 17.9. The van der Waals surface area contributed by atoms with E-state index in [2.05, 4.69) is 12.2 Å². The number of amides is 2. The third-order valence-electron chi connectivity index (χ3n) is 5.33. The smallest absolute Gasteiger partial charge is 0.317 e. The number of benzene rings is 1. The van der Waals surface area contributed by atoms with Gasteiger partial charge in [-0.25, -0.2) is 4.79 Å². The molecule has 0 aliphatic carbocycles. The highest BCUT2D eigenvalue weighted by Gasteiger charge is 2.30. The van der Waals surface area contributed by atoms with Crippen molar-refractivity contribution >= 4 is 6.03 Å². The molecule has 25 heavy (non-hydrogen) atoms. The van der Waals surface area contributed by atoms with Crippen LogP contribution in [0, 0.1) is 0 Å². The van der Waals surface area contributed by atoms with Crippen LogP contribution in [0.2, 0.25) is 0 Å². The fourth-order valence-corrected chi connectivity index (χ4v) is 3.50. The topological polar surface area (TPSA) is 60.0 Å². The number of carbonyl (C=O) groups excluding carboxylic acids is 1. The number of methoxy groups -OCH3 is 2. The van der Waals surface area contributed by atoms with Gasteiger partial charge in [0, 0.05) is 26.3 Å². The molecule has 3 rings (SSSR count). The predicted octanol–water partition coefficient (Wildman–Crippen LogP) is 2.60. The number of hydrogen-bond donors (Lipinski definition) is 1. The zero-order valence-corrected chi connectivity index (χ0v) is 15.3. The van der Waals surface area contributed by atoms with E-state index in [1.807, 2.05) is 23.1 Å². The van der Waals surface area contributed by atoms with Crippen molar-refractivity contribution in [2.75, 3.05) is 33.9 Å². The standard InChI is InChI=1S/C19H28N2O4/c1-19(24-3)7-4-9-21(10-8-19)18(22)20-15-11-14-5-6-16(23-2)12-17(14)25-13-15/h5-6,12,15H,4,7-11,13H2,1-3H3,(H,20,22). The summed E-state index contributed by atoms with van der Waals surface area (Å²) in [6.45, 7) is 4.09. The molecular formula is C19H28N2O4. The average molecular weight is 348 g/mol. The molecule has 0 aromatic heterocycles. The van der Waals surface area contributed by atoms with Gasteiger partial charge in [0.15, 0.2) is 0 Å². The normalized spacial score (nSPS) is 26.2. The van der Waals surface area contributed by atoms with E-state index in [9.17, 15) is 4.79 Å². The summed E-state index contributed by atoms with van der Waals surface area (Å²) in [6.07, 6.45) is 3.58. The number of fused-ring (bicyclic) bond motifs is 1. The number of hydrogen-bond acceptors (Lipinski definition) is 4. The first-order valence-electron chi connectivity index (χ1n) is 8.93. The van der Waals surface area contributed by atoms with Crippen molar-refractivity contribution in [2.45, 2.75) is 44.2 Å².